The summed E-state index contributed by atoms with van der Waals surface area (Å²) in [6, 6.07) is 0. The van der Waals surface area contributed by atoms with Gasteiger partial charge in [0.25, 0.3) is 0 Å². The first-order chi connectivity index (χ1) is 13.4. The molecule has 0 spiro atoms. The van der Waals surface area contributed by atoms with Crippen LogP contribution in [0.1, 0.15) is 129 Å². The van der Waals surface area contributed by atoms with Gasteiger partial charge >= 0.3 is 0 Å². The van der Waals surface area contributed by atoms with Gasteiger partial charge < -0.3 is 9.47 Å². The van der Waals surface area contributed by atoms with Gasteiger partial charge in [0.15, 0.2) is 0 Å². The summed E-state index contributed by atoms with van der Waals surface area (Å²) in [5.74, 6) is 0. The minimum absolute atomic E-state index is 0.146. The van der Waals surface area contributed by atoms with Crippen LogP contribution in [0.25, 0.3) is 0 Å². The molecule has 0 aliphatic carbocycles. The highest BCUT2D eigenvalue weighted by atomic mass is 28.2. The van der Waals surface area contributed by atoms with Gasteiger partial charge in [0.2, 0.25) is 0 Å². The molecule has 3 heteroatoms. The molecule has 0 aromatic carbocycles. The molecule has 0 amide bonds. The van der Waals surface area contributed by atoms with Crippen LogP contribution < -0.4 is 0 Å². The first kappa shape index (κ1) is 25.2. The molecule has 0 bridgehead atoms. The molecule has 0 saturated carbocycles. The fraction of sp³-hybridized carbons (Fsp3) is 1.00. The normalized spacial score (nSPS) is 17.9. The van der Waals surface area contributed by atoms with E-state index in [0.29, 0.717) is 5.73 Å². The number of rotatable bonds is 20. The average molecular weight is 399 g/mol. The fourth-order valence-corrected chi connectivity index (χ4v) is 5.65. The second-order valence-corrected chi connectivity index (χ2v) is 10.6. The summed E-state index contributed by atoms with van der Waals surface area (Å²) in [6.45, 7) is 4.28. The molecule has 0 aromatic rings. The van der Waals surface area contributed by atoms with Crippen molar-refractivity contribution in [3.05, 3.63) is 0 Å². The number of ether oxygens (including phenoxy) is 2. The lowest BCUT2D eigenvalue weighted by Crippen LogP contribution is -2.28. The fourth-order valence-electron chi connectivity index (χ4n) is 4.10. The van der Waals surface area contributed by atoms with E-state index >= 15 is 0 Å². The molecule has 1 rings (SSSR count). The lowest BCUT2D eigenvalue weighted by atomic mass is 10.0. The van der Waals surface area contributed by atoms with Crippen molar-refractivity contribution in [3.63, 3.8) is 0 Å². The number of unbranched alkanes of at least 4 members (excludes halogenated alkanes) is 15. The minimum Gasteiger partial charge on any atom is -0.385 e. The van der Waals surface area contributed by atoms with E-state index in [-0.39, 0.29) is 9.52 Å². The maximum Gasteiger partial charge on any atom is 0.0860 e. The summed E-state index contributed by atoms with van der Waals surface area (Å²) in [5.41, 5.74) is 0.615. The maximum absolute atomic E-state index is 5.84. The zero-order chi connectivity index (χ0) is 19.3. The smallest absolute Gasteiger partial charge is 0.0860 e. The predicted octanol–water partition coefficient (Wildman–Crippen LogP) is 6.92. The van der Waals surface area contributed by atoms with E-state index in [1.54, 1.807) is 0 Å². The van der Waals surface area contributed by atoms with Gasteiger partial charge in [0.1, 0.15) is 0 Å². The lowest BCUT2D eigenvalue weighted by Gasteiger charge is -2.21. The molecule has 162 valence electrons. The zero-order valence-corrected chi connectivity index (χ0v) is 20.1. The molecule has 0 radical (unpaired) electrons. The van der Waals surface area contributed by atoms with E-state index in [9.17, 15) is 0 Å². The first-order valence-electron chi connectivity index (χ1n) is 12.6. The Kier molecular flexibility index (Phi) is 19.4. The highest BCUT2D eigenvalue weighted by Crippen LogP contribution is 2.14. The Hall–Kier alpha value is 0.137. The summed E-state index contributed by atoms with van der Waals surface area (Å²) in [6.07, 6.45) is 27.9. The number of hydrogen-bond donors (Lipinski definition) is 0. The van der Waals surface area contributed by atoms with E-state index in [4.69, 9.17) is 9.47 Å². The van der Waals surface area contributed by atoms with Crippen molar-refractivity contribution in [3.8, 4) is 0 Å². The standard InChI is InChI=1S/C24H50O2Si/c1-2-3-4-5-6-7-8-9-10-11-12-13-14-15-16-18-21-25-23-27-24-20-17-19-22-26-24/h24H,2-23,27H2,1H3. The molecule has 1 unspecified atom stereocenters. The van der Waals surface area contributed by atoms with Crippen LogP contribution in [0, 0.1) is 0 Å². The molecule has 1 saturated heterocycles. The highest BCUT2D eigenvalue weighted by molar-refractivity contribution is 6.37. The number of hydrogen-bond acceptors (Lipinski definition) is 2. The van der Waals surface area contributed by atoms with Crippen molar-refractivity contribution in [2.75, 3.05) is 19.4 Å². The molecule has 1 fully saturated rings. The van der Waals surface area contributed by atoms with Gasteiger partial charge in [-0.3, -0.25) is 0 Å². The second kappa shape index (κ2) is 20.9. The van der Waals surface area contributed by atoms with E-state index in [1.165, 1.54) is 122 Å². The van der Waals surface area contributed by atoms with Crippen LogP contribution in [-0.4, -0.2) is 34.7 Å². The van der Waals surface area contributed by atoms with Crippen LogP contribution in [0.15, 0.2) is 0 Å². The van der Waals surface area contributed by atoms with Crippen molar-refractivity contribution in [2.45, 2.75) is 135 Å². The van der Waals surface area contributed by atoms with Gasteiger partial charge in [-0.1, -0.05) is 103 Å². The minimum atomic E-state index is -0.146. The average Bonchev–Trinajstić information content (AvgIpc) is 2.70. The molecular weight excluding hydrogens is 348 g/mol. The van der Waals surface area contributed by atoms with E-state index in [2.05, 4.69) is 6.92 Å². The molecule has 2 nitrogen and oxygen atoms in total. The SMILES string of the molecule is CCCCCCCCCCCCCCCCCCOC[SiH2]C1CCCCO1. The molecule has 0 N–H and O–H groups in total. The third-order valence-corrected chi connectivity index (χ3v) is 7.81. The molecule has 1 heterocycles. The summed E-state index contributed by atoms with van der Waals surface area (Å²) in [5, 5.41) is 0. The van der Waals surface area contributed by atoms with Crippen LogP contribution >= 0.6 is 0 Å². The quantitative estimate of drug-likeness (QED) is 0.164. The Morgan fingerprint density at radius 3 is 1.70 bits per heavy atom. The topological polar surface area (TPSA) is 18.5 Å². The van der Waals surface area contributed by atoms with Gasteiger partial charge in [0, 0.05) is 25.2 Å². The van der Waals surface area contributed by atoms with Gasteiger partial charge in [-0.2, -0.15) is 0 Å². The largest absolute Gasteiger partial charge is 0.385 e. The maximum atomic E-state index is 5.84. The monoisotopic (exact) mass is 398 g/mol. The van der Waals surface area contributed by atoms with E-state index in [0.717, 1.165) is 19.4 Å². The summed E-state index contributed by atoms with van der Waals surface area (Å²) >= 11 is 0. The van der Waals surface area contributed by atoms with Crippen LogP contribution in [0.2, 0.25) is 0 Å². The zero-order valence-electron chi connectivity index (χ0n) is 18.7. The summed E-state index contributed by atoms with van der Waals surface area (Å²) in [4.78, 5) is 0. The van der Waals surface area contributed by atoms with Crippen LogP contribution in [0.3, 0.4) is 0 Å². The van der Waals surface area contributed by atoms with Crippen molar-refractivity contribution in [1.29, 1.82) is 0 Å². The Morgan fingerprint density at radius 2 is 1.22 bits per heavy atom. The molecule has 0 aromatic heterocycles. The third kappa shape index (κ3) is 17.9. The van der Waals surface area contributed by atoms with Gasteiger partial charge in [-0.25, -0.2) is 0 Å². The third-order valence-electron chi connectivity index (χ3n) is 6.00. The molecule has 1 atom stereocenters. The van der Waals surface area contributed by atoms with Crippen molar-refractivity contribution in [1.82, 2.24) is 0 Å². The van der Waals surface area contributed by atoms with Crippen LogP contribution in [0.4, 0.5) is 0 Å². The van der Waals surface area contributed by atoms with Gasteiger partial charge in [-0.15, -0.1) is 0 Å². The summed E-state index contributed by atoms with van der Waals surface area (Å²) < 4.78 is 11.6. The van der Waals surface area contributed by atoms with Crippen LogP contribution in [-0.2, 0) is 9.47 Å². The molecule has 1 aliphatic rings. The highest BCUT2D eigenvalue weighted by Gasteiger charge is 2.13. The van der Waals surface area contributed by atoms with Crippen molar-refractivity contribution < 1.29 is 9.47 Å². The van der Waals surface area contributed by atoms with Crippen LogP contribution in [0.5, 0.6) is 0 Å². The lowest BCUT2D eigenvalue weighted by molar-refractivity contribution is 0.0609. The first-order valence-corrected chi connectivity index (χ1v) is 14.4. The van der Waals surface area contributed by atoms with Gasteiger partial charge in [0.05, 0.1) is 9.52 Å². The molecule has 1 aliphatic heterocycles. The molecular formula is C24H50O2Si. The Balaban J connectivity index is 1.64. The Morgan fingerprint density at radius 1 is 0.704 bits per heavy atom. The van der Waals surface area contributed by atoms with Gasteiger partial charge in [-0.05, 0) is 25.7 Å². The molecule has 27 heavy (non-hydrogen) atoms. The van der Waals surface area contributed by atoms with E-state index < -0.39 is 0 Å². The Labute approximate surface area is 173 Å². The Bertz CT molecular complexity index is 280. The summed E-state index contributed by atoms with van der Waals surface area (Å²) in [7, 11) is -0.146. The second-order valence-electron chi connectivity index (χ2n) is 8.69. The predicted molar refractivity (Wildman–Crippen MR) is 123 cm³/mol. The van der Waals surface area contributed by atoms with E-state index in [1.807, 2.05) is 0 Å². The van der Waals surface area contributed by atoms with Crippen molar-refractivity contribution in [2.24, 2.45) is 0 Å². The van der Waals surface area contributed by atoms with Crippen molar-refractivity contribution >= 4 is 9.52 Å².